The standard InChI is InChI=1S/C13H11BrClNO/c1-9-4-12(3-2-10(9)6-15)17-13-5-11(14)7-16-8-13/h2-5,7-8H,6H2,1H3. The Kier molecular flexibility index (Phi) is 4.02. The van der Waals surface area contributed by atoms with Gasteiger partial charge in [-0.2, -0.15) is 0 Å². The molecule has 0 amide bonds. The molecule has 0 aliphatic rings. The van der Waals surface area contributed by atoms with E-state index in [1.165, 1.54) is 0 Å². The molecule has 0 saturated heterocycles. The van der Waals surface area contributed by atoms with E-state index in [1.807, 2.05) is 31.2 Å². The van der Waals surface area contributed by atoms with Gasteiger partial charge in [-0.3, -0.25) is 4.98 Å². The van der Waals surface area contributed by atoms with E-state index in [4.69, 9.17) is 16.3 Å². The first-order chi connectivity index (χ1) is 8.19. The third-order valence-corrected chi connectivity index (χ3v) is 3.10. The van der Waals surface area contributed by atoms with Crippen molar-refractivity contribution in [1.82, 2.24) is 4.98 Å². The molecule has 2 rings (SSSR count). The van der Waals surface area contributed by atoms with Crippen LogP contribution >= 0.6 is 27.5 Å². The molecule has 0 saturated carbocycles. The van der Waals surface area contributed by atoms with Gasteiger partial charge in [-0.15, -0.1) is 11.6 Å². The van der Waals surface area contributed by atoms with Gasteiger partial charge in [0.2, 0.25) is 0 Å². The van der Waals surface area contributed by atoms with Crippen molar-refractivity contribution in [3.05, 3.63) is 52.3 Å². The predicted molar refractivity (Wildman–Crippen MR) is 72.7 cm³/mol. The van der Waals surface area contributed by atoms with Crippen LogP contribution in [0.4, 0.5) is 0 Å². The van der Waals surface area contributed by atoms with E-state index in [0.717, 1.165) is 21.3 Å². The maximum Gasteiger partial charge on any atom is 0.146 e. The van der Waals surface area contributed by atoms with Crippen molar-refractivity contribution in [3.63, 3.8) is 0 Å². The fourth-order valence-electron chi connectivity index (χ4n) is 1.47. The lowest BCUT2D eigenvalue weighted by Gasteiger charge is -2.08. The minimum Gasteiger partial charge on any atom is -0.456 e. The zero-order valence-corrected chi connectivity index (χ0v) is 11.6. The fourth-order valence-corrected chi connectivity index (χ4v) is 2.11. The van der Waals surface area contributed by atoms with Crippen LogP contribution in [0, 0.1) is 6.92 Å². The van der Waals surface area contributed by atoms with Crippen molar-refractivity contribution in [2.24, 2.45) is 0 Å². The molecule has 2 aromatic rings. The van der Waals surface area contributed by atoms with Crippen molar-refractivity contribution in [2.45, 2.75) is 12.8 Å². The second-order valence-corrected chi connectivity index (χ2v) is 4.85. The van der Waals surface area contributed by atoms with Crippen molar-refractivity contribution in [3.8, 4) is 11.5 Å². The van der Waals surface area contributed by atoms with Gasteiger partial charge < -0.3 is 4.74 Å². The van der Waals surface area contributed by atoms with E-state index >= 15 is 0 Å². The van der Waals surface area contributed by atoms with E-state index in [0.29, 0.717) is 11.6 Å². The molecule has 1 aromatic carbocycles. The summed E-state index contributed by atoms with van der Waals surface area (Å²) in [6, 6.07) is 7.73. The summed E-state index contributed by atoms with van der Waals surface area (Å²) in [7, 11) is 0. The van der Waals surface area contributed by atoms with Crippen LogP contribution in [0.5, 0.6) is 11.5 Å². The molecule has 17 heavy (non-hydrogen) atoms. The lowest BCUT2D eigenvalue weighted by Crippen LogP contribution is -1.89. The highest BCUT2D eigenvalue weighted by molar-refractivity contribution is 9.10. The predicted octanol–water partition coefficient (Wildman–Crippen LogP) is 4.68. The second kappa shape index (κ2) is 5.52. The van der Waals surface area contributed by atoms with Crippen molar-refractivity contribution in [2.75, 3.05) is 0 Å². The molecular formula is C13H11BrClNO. The number of halogens is 2. The highest BCUT2D eigenvalue weighted by Gasteiger charge is 2.02. The minimum absolute atomic E-state index is 0.518. The average molecular weight is 313 g/mol. The van der Waals surface area contributed by atoms with Crippen LogP contribution < -0.4 is 4.74 Å². The normalized spacial score (nSPS) is 10.3. The molecule has 0 radical (unpaired) electrons. The summed E-state index contributed by atoms with van der Waals surface area (Å²) in [6.07, 6.45) is 3.39. The quantitative estimate of drug-likeness (QED) is 0.767. The number of alkyl halides is 1. The Bertz CT molecular complexity index is 531. The Morgan fingerprint density at radius 3 is 2.71 bits per heavy atom. The van der Waals surface area contributed by atoms with Crippen LogP contribution in [-0.2, 0) is 5.88 Å². The van der Waals surface area contributed by atoms with E-state index in [-0.39, 0.29) is 0 Å². The molecule has 1 heterocycles. The summed E-state index contributed by atoms with van der Waals surface area (Å²) in [5.41, 5.74) is 2.24. The maximum atomic E-state index is 5.81. The summed E-state index contributed by atoms with van der Waals surface area (Å²) >= 11 is 9.16. The second-order valence-electron chi connectivity index (χ2n) is 3.66. The van der Waals surface area contributed by atoms with E-state index < -0.39 is 0 Å². The first-order valence-corrected chi connectivity index (χ1v) is 6.45. The Balaban J connectivity index is 2.22. The molecule has 0 unspecified atom stereocenters. The van der Waals surface area contributed by atoms with Gasteiger partial charge in [-0.05, 0) is 52.2 Å². The number of aryl methyl sites for hydroxylation is 1. The number of hydrogen-bond donors (Lipinski definition) is 0. The van der Waals surface area contributed by atoms with Crippen LogP contribution in [0.15, 0.2) is 41.1 Å². The summed E-state index contributed by atoms with van der Waals surface area (Å²) in [6.45, 7) is 2.02. The average Bonchev–Trinajstić information content (AvgIpc) is 2.29. The molecule has 88 valence electrons. The van der Waals surface area contributed by atoms with Crippen molar-refractivity contribution < 1.29 is 4.74 Å². The van der Waals surface area contributed by atoms with Crippen LogP contribution in [0.3, 0.4) is 0 Å². The lowest BCUT2D eigenvalue weighted by molar-refractivity contribution is 0.479. The fraction of sp³-hybridized carbons (Fsp3) is 0.154. The molecule has 0 fully saturated rings. The smallest absolute Gasteiger partial charge is 0.146 e. The highest BCUT2D eigenvalue weighted by Crippen LogP contribution is 2.25. The molecule has 0 bridgehead atoms. The number of benzene rings is 1. The Hall–Kier alpha value is -1.06. The number of nitrogens with zero attached hydrogens (tertiary/aromatic N) is 1. The van der Waals surface area contributed by atoms with Gasteiger partial charge in [0.25, 0.3) is 0 Å². The van der Waals surface area contributed by atoms with Crippen LogP contribution in [0.1, 0.15) is 11.1 Å². The summed E-state index contributed by atoms with van der Waals surface area (Å²) in [5.74, 6) is 2.01. The monoisotopic (exact) mass is 311 g/mol. The lowest BCUT2D eigenvalue weighted by atomic mass is 10.1. The number of pyridine rings is 1. The van der Waals surface area contributed by atoms with Crippen molar-refractivity contribution >= 4 is 27.5 Å². The number of hydrogen-bond acceptors (Lipinski definition) is 2. The molecule has 0 aliphatic carbocycles. The van der Waals surface area contributed by atoms with Crippen LogP contribution in [0.2, 0.25) is 0 Å². The molecule has 2 nitrogen and oxygen atoms in total. The van der Waals surface area contributed by atoms with Crippen molar-refractivity contribution in [1.29, 1.82) is 0 Å². The number of aromatic nitrogens is 1. The number of ether oxygens (including phenoxy) is 1. The van der Waals surface area contributed by atoms with Gasteiger partial charge in [-0.1, -0.05) is 6.07 Å². The van der Waals surface area contributed by atoms with Crippen LogP contribution in [0.25, 0.3) is 0 Å². The third-order valence-electron chi connectivity index (χ3n) is 2.37. The summed E-state index contributed by atoms with van der Waals surface area (Å²) in [5, 5.41) is 0. The maximum absolute atomic E-state index is 5.81. The summed E-state index contributed by atoms with van der Waals surface area (Å²) < 4.78 is 6.60. The Labute approximate surface area is 114 Å². The Morgan fingerprint density at radius 1 is 1.24 bits per heavy atom. The Morgan fingerprint density at radius 2 is 2.06 bits per heavy atom. The molecule has 0 aliphatic heterocycles. The minimum atomic E-state index is 0.518. The zero-order valence-electron chi connectivity index (χ0n) is 9.28. The highest BCUT2D eigenvalue weighted by atomic mass is 79.9. The molecule has 0 spiro atoms. The van der Waals surface area contributed by atoms with Gasteiger partial charge in [0.05, 0.1) is 6.20 Å². The first-order valence-electron chi connectivity index (χ1n) is 5.13. The summed E-state index contributed by atoms with van der Waals surface area (Å²) in [4.78, 5) is 4.04. The van der Waals surface area contributed by atoms with Gasteiger partial charge in [0, 0.05) is 16.5 Å². The topological polar surface area (TPSA) is 22.1 Å². The van der Waals surface area contributed by atoms with E-state index in [1.54, 1.807) is 12.4 Å². The van der Waals surface area contributed by atoms with E-state index in [2.05, 4.69) is 20.9 Å². The first kappa shape index (κ1) is 12.4. The largest absolute Gasteiger partial charge is 0.456 e. The molecular weight excluding hydrogens is 302 g/mol. The van der Waals surface area contributed by atoms with Gasteiger partial charge in [0.1, 0.15) is 11.5 Å². The van der Waals surface area contributed by atoms with Gasteiger partial charge in [-0.25, -0.2) is 0 Å². The molecule has 0 atom stereocenters. The van der Waals surface area contributed by atoms with E-state index in [9.17, 15) is 0 Å². The third kappa shape index (κ3) is 3.20. The molecule has 1 aromatic heterocycles. The van der Waals surface area contributed by atoms with Gasteiger partial charge in [0.15, 0.2) is 0 Å². The SMILES string of the molecule is Cc1cc(Oc2cncc(Br)c2)ccc1CCl. The number of rotatable bonds is 3. The molecule has 4 heteroatoms. The van der Waals surface area contributed by atoms with Crippen LogP contribution in [-0.4, -0.2) is 4.98 Å². The van der Waals surface area contributed by atoms with Gasteiger partial charge >= 0.3 is 0 Å². The molecule has 0 N–H and O–H groups in total. The zero-order chi connectivity index (χ0) is 12.3.